The molecule has 3 aromatic rings. The fourth-order valence-corrected chi connectivity index (χ4v) is 3.11. The molecule has 0 bridgehead atoms. The van der Waals surface area contributed by atoms with Gasteiger partial charge in [0.05, 0.1) is 23.9 Å². The standard InChI is InChI=1S/C17H18N6O/c1-18-17-19-13-6-4-5-11(15(13)16(20-17)24-3)10-7-8-12-14(9-10)23(2)22-21-12/h5,7-9H,4,6H2,1-3H3,(H,18,19,20). The molecule has 2 aromatic heterocycles. The first-order valence-corrected chi connectivity index (χ1v) is 7.84. The van der Waals surface area contributed by atoms with E-state index in [9.17, 15) is 0 Å². The smallest absolute Gasteiger partial charge is 0.226 e. The van der Waals surface area contributed by atoms with Gasteiger partial charge in [-0.3, -0.25) is 0 Å². The van der Waals surface area contributed by atoms with Crippen LogP contribution in [0.4, 0.5) is 5.95 Å². The Morgan fingerprint density at radius 3 is 2.92 bits per heavy atom. The summed E-state index contributed by atoms with van der Waals surface area (Å²) in [6.07, 6.45) is 4.04. The summed E-state index contributed by atoms with van der Waals surface area (Å²) < 4.78 is 7.32. The van der Waals surface area contributed by atoms with Crippen molar-refractivity contribution in [1.29, 1.82) is 0 Å². The number of fused-ring (bicyclic) bond motifs is 2. The molecule has 0 unspecified atom stereocenters. The molecular weight excluding hydrogens is 304 g/mol. The van der Waals surface area contributed by atoms with Crippen LogP contribution in [0.25, 0.3) is 16.6 Å². The second-order valence-electron chi connectivity index (χ2n) is 5.70. The molecule has 1 N–H and O–H groups in total. The summed E-state index contributed by atoms with van der Waals surface area (Å²) in [4.78, 5) is 9.07. The van der Waals surface area contributed by atoms with Crippen molar-refractivity contribution in [2.75, 3.05) is 19.5 Å². The molecule has 2 heterocycles. The third-order valence-corrected chi connectivity index (χ3v) is 4.29. The van der Waals surface area contributed by atoms with Crippen molar-refractivity contribution in [1.82, 2.24) is 25.0 Å². The minimum absolute atomic E-state index is 0.582. The molecule has 0 amide bonds. The van der Waals surface area contributed by atoms with E-state index >= 15 is 0 Å². The second-order valence-corrected chi connectivity index (χ2v) is 5.70. The van der Waals surface area contributed by atoms with E-state index in [0.29, 0.717) is 11.8 Å². The Bertz CT molecular complexity index is 959. The van der Waals surface area contributed by atoms with Crippen LogP contribution >= 0.6 is 0 Å². The van der Waals surface area contributed by atoms with Crippen LogP contribution in [0.15, 0.2) is 24.3 Å². The molecule has 4 rings (SSSR count). The molecule has 0 saturated carbocycles. The molecule has 0 spiro atoms. The van der Waals surface area contributed by atoms with Crippen molar-refractivity contribution in [3.63, 3.8) is 0 Å². The number of benzene rings is 1. The second kappa shape index (κ2) is 5.59. The Kier molecular flexibility index (Phi) is 3.41. The molecule has 122 valence electrons. The Morgan fingerprint density at radius 2 is 2.12 bits per heavy atom. The predicted molar refractivity (Wildman–Crippen MR) is 92.0 cm³/mol. The van der Waals surface area contributed by atoms with Crippen molar-refractivity contribution in [3.05, 3.63) is 41.1 Å². The monoisotopic (exact) mass is 322 g/mol. The lowest BCUT2D eigenvalue weighted by atomic mass is 9.90. The summed E-state index contributed by atoms with van der Waals surface area (Å²) >= 11 is 0. The number of ether oxygens (including phenoxy) is 1. The number of nitrogens with zero attached hydrogens (tertiary/aromatic N) is 5. The summed E-state index contributed by atoms with van der Waals surface area (Å²) in [5, 5.41) is 11.2. The molecule has 1 aliphatic carbocycles. The van der Waals surface area contributed by atoms with E-state index < -0.39 is 0 Å². The average Bonchev–Trinajstić information content (AvgIpc) is 3.00. The van der Waals surface area contributed by atoms with Gasteiger partial charge in [-0.1, -0.05) is 17.4 Å². The number of hydrogen-bond acceptors (Lipinski definition) is 6. The number of hydrogen-bond donors (Lipinski definition) is 1. The zero-order valence-corrected chi connectivity index (χ0v) is 13.9. The summed E-state index contributed by atoms with van der Waals surface area (Å²) in [7, 11) is 5.35. The lowest BCUT2D eigenvalue weighted by molar-refractivity contribution is 0.395. The normalized spacial score (nSPS) is 13.5. The van der Waals surface area contributed by atoms with Crippen LogP contribution in [0.3, 0.4) is 0 Å². The molecule has 7 heteroatoms. The molecule has 1 aromatic carbocycles. The van der Waals surface area contributed by atoms with Crippen LogP contribution in [-0.2, 0) is 13.5 Å². The summed E-state index contributed by atoms with van der Waals surface area (Å²) in [6.45, 7) is 0. The van der Waals surface area contributed by atoms with E-state index in [0.717, 1.165) is 46.3 Å². The number of rotatable bonds is 3. The van der Waals surface area contributed by atoms with Gasteiger partial charge < -0.3 is 10.1 Å². The maximum absolute atomic E-state index is 5.54. The lowest BCUT2D eigenvalue weighted by Gasteiger charge is -2.20. The predicted octanol–water partition coefficient (Wildman–Crippen LogP) is 2.19. The maximum Gasteiger partial charge on any atom is 0.226 e. The Labute approximate surface area is 139 Å². The van der Waals surface area contributed by atoms with Crippen molar-refractivity contribution in [2.45, 2.75) is 12.8 Å². The van der Waals surface area contributed by atoms with Crippen LogP contribution in [0.1, 0.15) is 23.2 Å². The summed E-state index contributed by atoms with van der Waals surface area (Å²) in [6, 6.07) is 6.15. The van der Waals surface area contributed by atoms with E-state index in [4.69, 9.17) is 4.74 Å². The summed E-state index contributed by atoms with van der Waals surface area (Å²) in [5.41, 5.74) is 6.04. The van der Waals surface area contributed by atoms with E-state index in [1.54, 1.807) is 11.8 Å². The Hall–Kier alpha value is -2.96. The molecular formula is C17H18N6O. The molecule has 0 aliphatic heterocycles. The van der Waals surface area contributed by atoms with E-state index in [1.165, 1.54) is 0 Å². The summed E-state index contributed by atoms with van der Waals surface area (Å²) in [5.74, 6) is 1.18. The third kappa shape index (κ3) is 2.20. The largest absolute Gasteiger partial charge is 0.480 e. The van der Waals surface area contributed by atoms with Crippen LogP contribution in [0, 0.1) is 0 Å². The highest BCUT2D eigenvalue weighted by Gasteiger charge is 2.23. The van der Waals surface area contributed by atoms with Gasteiger partial charge in [0.1, 0.15) is 5.52 Å². The van der Waals surface area contributed by atoms with Gasteiger partial charge in [0.2, 0.25) is 11.8 Å². The van der Waals surface area contributed by atoms with Crippen molar-refractivity contribution in [2.24, 2.45) is 7.05 Å². The molecule has 0 atom stereocenters. The lowest BCUT2D eigenvalue weighted by Crippen LogP contribution is -2.10. The first kappa shape index (κ1) is 14.6. The molecule has 0 saturated heterocycles. The van der Waals surface area contributed by atoms with Gasteiger partial charge in [-0.25, -0.2) is 9.67 Å². The number of anilines is 1. The Balaban J connectivity index is 1.90. The van der Waals surface area contributed by atoms with Crippen molar-refractivity contribution >= 4 is 22.6 Å². The van der Waals surface area contributed by atoms with Gasteiger partial charge in [-0.05, 0) is 36.1 Å². The van der Waals surface area contributed by atoms with E-state index in [2.05, 4.69) is 43.8 Å². The van der Waals surface area contributed by atoms with Gasteiger partial charge in [0.25, 0.3) is 0 Å². The number of methoxy groups -OCH3 is 1. The quantitative estimate of drug-likeness (QED) is 0.796. The van der Waals surface area contributed by atoms with Crippen LogP contribution in [-0.4, -0.2) is 39.1 Å². The molecule has 0 radical (unpaired) electrons. The number of allylic oxidation sites excluding steroid dienone is 1. The maximum atomic E-state index is 5.54. The zero-order chi connectivity index (χ0) is 16.7. The molecule has 0 fully saturated rings. The minimum Gasteiger partial charge on any atom is -0.480 e. The average molecular weight is 322 g/mol. The number of aryl methyl sites for hydroxylation is 2. The van der Waals surface area contributed by atoms with Gasteiger partial charge in [0.15, 0.2) is 0 Å². The Morgan fingerprint density at radius 1 is 1.25 bits per heavy atom. The highest BCUT2D eigenvalue weighted by Crippen LogP contribution is 2.37. The zero-order valence-electron chi connectivity index (χ0n) is 13.9. The van der Waals surface area contributed by atoms with Gasteiger partial charge >= 0.3 is 0 Å². The number of nitrogens with one attached hydrogen (secondary N) is 1. The van der Waals surface area contributed by atoms with E-state index in [1.807, 2.05) is 20.2 Å². The molecule has 24 heavy (non-hydrogen) atoms. The van der Waals surface area contributed by atoms with Crippen molar-refractivity contribution in [3.8, 4) is 5.88 Å². The first-order chi connectivity index (χ1) is 11.7. The van der Waals surface area contributed by atoms with Crippen LogP contribution in [0.5, 0.6) is 5.88 Å². The van der Waals surface area contributed by atoms with Crippen LogP contribution in [0.2, 0.25) is 0 Å². The topological polar surface area (TPSA) is 77.8 Å². The highest BCUT2D eigenvalue weighted by molar-refractivity contribution is 5.88. The first-order valence-electron chi connectivity index (χ1n) is 7.84. The molecule has 7 nitrogen and oxygen atoms in total. The highest BCUT2D eigenvalue weighted by atomic mass is 16.5. The van der Waals surface area contributed by atoms with Gasteiger partial charge in [-0.15, -0.1) is 5.10 Å². The minimum atomic E-state index is 0.582. The fourth-order valence-electron chi connectivity index (χ4n) is 3.11. The fraction of sp³-hybridized carbons (Fsp3) is 0.294. The van der Waals surface area contributed by atoms with Crippen LogP contribution < -0.4 is 10.1 Å². The van der Waals surface area contributed by atoms with Gasteiger partial charge in [0, 0.05) is 14.1 Å². The molecule has 1 aliphatic rings. The van der Waals surface area contributed by atoms with E-state index in [-0.39, 0.29) is 0 Å². The van der Waals surface area contributed by atoms with Crippen molar-refractivity contribution < 1.29 is 4.74 Å². The number of aromatic nitrogens is 5. The van der Waals surface area contributed by atoms with Gasteiger partial charge in [-0.2, -0.15) is 4.98 Å². The SMILES string of the molecule is CNc1nc2c(c(OC)n1)C(c1ccc3nnn(C)c3c1)=CCC2. The third-order valence-electron chi connectivity index (χ3n) is 4.29.